The smallest absolute Gasteiger partial charge is 0.260 e. The summed E-state index contributed by atoms with van der Waals surface area (Å²) >= 11 is 1.19. The number of benzene rings is 3. The second-order valence-electron chi connectivity index (χ2n) is 9.27. The van der Waals surface area contributed by atoms with Gasteiger partial charge in [0.15, 0.2) is 0 Å². The van der Waals surface area contributed by atoms with Crippen LogP contribution >= 0.6 is 11.8 Å². The number of aryl methyl sites for hydroxylation is 5. The molecule has 37 heavy (non-hydrogen) atoms. The molecule has 1 unspecified atom stereocenters. The van der Waals surface area contributed by atoms with Crippen molar-refractivity contribution in [2.45, 2.75) is 46.3 Å². The van der Waals surface area contributed by atoms with E-state index in [-0.39, 0.29) is 23.1 Å². The first-order chi connectivity index (χ1) is 17.7. The van der Waals surface area contributed by atoms with E-state index in [2.05, 4.69) is 17.6 Å². The molecule has 1 atom stereocenters. The van der Waals surface area contributed by atoms with Crippen LogP contribution in [-0.2, 0) is 16.0 Å². The number of carbonyl (C=O) groups is 2. The number of nitrogens with one attached hydrogen (secondary N) is 2. The van der Waals surface area contributed by atoms with Gasteiger partial charge in [0.05, 0.1) is 11.3 Å². The Morgan fingerprint density at radius 3 is 2.19 bits per heavy atom. The summed E-state index contributed by atoms with van der Waals surface area (Å²) < 4.78 is 0. The Kier molecular flexibility index (Phi) is 7.83. The molecule has 1 aliphatic rings. The lowest BCUT2D eigenvalue weighted by Crippen LogP contribution is -2.29. The highest BCUT2D eigenvalue weighted by molar-refractivity contribution is 8.16. The number of hydrogen-bond acceptors (Lipinski definition) is 5. The molecule has 2 amide bonds. The minimum absolute atomic E-state index is 0.194. The zero-order valence-corrected chi connectivity index (χ0v) is 22.6. The van der Waals surface area contributed by atoms with E-state index in [0.29, 0.717) is 16.4 Å². The van der Waals surface area contributed by atoms with Crippen molar-refractivity contribution < 1.29 is 9.59 Å². The van der Waals surface area contributed by atoms with Gasteiger partial charge < -0.3 is 16.4 Å². The number of thioether (sulfide) groups is 1. The highest BCUT2D eigenvalue weighted by atomic mass is 32.2. The average Bonchev–Trinajstić information content (AvgIpc) is 3.20. The maximum Gasteiger partial charge on any atom is 0.260 e. The first kappa shape index (κ1) is 26.2. The first-order valence-electron chi connectivity index (χ1n) is 12.3. The lowest BCUT2D eigenvalue weighted by atomic mass is 10.1. The Balaban J connectivity index is 1.69. The molecule has 3 aromatic rings. The summed E-state index contributed by atoms with van der Waals surface area (Å²) in [5.74, 6) is -0.679. The van der Waals surface area contributed by atoms with Crippen LogP contribution in [0, 0.1) is 27.7 Å². The van der Waals surface area contributed by atoms with Gasteiger partial charge in [-0.1, -0.05) is 55.1 Å². The van der Waals surface area contributed by atoms with Crippen LogP contribution in [-0.4, -0.2) is 22.1 Å². The number of nitrogens with two attached hydrogens (primary N) is 1. The quantitative estimate of drug-likeness (QED) is 0.371. The number of rotatable bonds is 6. The molecule has 3 aromatic carbocycles. The standard InChI is InChI=1S/C30H32N4O2S/c1-6-21-11-14-22(15-12-21)32-29(36)27-25(31)24(28(35)34-26-18(3)8-7-9-19(26)4)30(37-27)33-23-13-10-17(2)20(5)16-23/h7-16,27H,6,31H2,1-5H3,(H,32,36)(H,34,35). The van der Waals surface area contributed by atoms with Gasteiger partial charge in [-0.3, -0.25) is 9.59 Å². The highest BCUT2D eigenvalue weighted by Crippen LogP contribution is 2.36. The van der Waals surface area contributed by atoms with Crippen LogP contribution in [0.3, 0.4) is 0 Å². The van der Waals surface area contributed by atoms with Crippen molar-refractivity contribution in [1.29, 1.82) is 0 Å². The zero-order chi connectivity index (χ0) is 26.7. The van der Waals surface area contributed by atoms with Gasteiger partial charge in [-0.2, -0.15) is 0 Å². The minimum Gasteiger partial charge on any atom is -0.400 e. The molecule has 0 saturated carbocycles. The molecule has 0 radical (unpaired) electrons. The molecular weight excluding hydrogens is 480 g/mol. The maximum atomic E-state index is 13.6. The minimum atomic E-state index is -0.783. The van der Waals surface area contributed by atoms with Crippen LogP contribution in [0.15, 0.2) is 76.9 Å². The Bertz CT molecular complexity index is 1400. The van der Waals surface area contributed by atoms with Gasteiger partial charge in [-0.15, -0.1) is 0 Å². The SMILES string of the molecule is CCc1ccc(NC(=O)C2SC(=Nc3ccc(C)c(C)c3)C(C(=O)Nc3c(C)cccc3C)=C2N)cc1. The monoisotopic (exact) mass is 512 g/mol. The normalized spacial score (nSPS) is 16.2. The Morgan fingerprint density at radius 2 is 1.57 bits per heavy atom. The second-order valence-corrected chi connectivity index (χ2v) is 10.4. The number of amides is 2. The molecule has 190 valence electrons. The molecule has 0 bridgehead atoms. The predicted molar refractivity (Wildman–Crippen MR) is 155 cm³/mol. The molecule has 0 saturated heterocycles. The van der Waals surface area contributed by atoms with E-state index in [1.165, 1.54) is 17.3 Å². The molecule has 4 rings (SSSR count). The fourth-order valence-corrected chi connectivity index (χ4v) is 5.25. The summed E-state index contributed by atoms with van der Waals surface area (Å²) in [6.07, 6.45) is 0.916. The van der Waals surface area contributed by atoms with E-state index < -0.39 is 5.25 Å². The molecule has 6 nitrogen and oxygen atoms in total. The fourth-order valence-electron chi connectivity index (χ4n) is 4.13. The van der Waals surface area contributed by atoms with Crippen molar-refractivity contribution in [2.75, 3.05) is 10.6 Å². The number of carbonyl (C=O) groups excluding carboxylic acids is 2. The number of anilines is 2. The van der Waals surface area contributed by atoms with Crippen molar-refractivity contribution in [3.05, 3.63) is 99.8 Å². The molecule has 0 fully saturated rings. The number of aliphatic imine (C=N–C) groups is 1. The van der Waals surface area contributed by atoms with Crippen LogP contribution in [0.1, 0.15) is 34.7 Å². The Hall–Kier alpha value is -3.84. The van der Waals surface area contributed by atoms with Gasteiger partial charge in [-0.25, -0.2) is 4.99 Å². The van der Waals surface area contributed by atoms with Gasteiger partial charge in [0, 0.05) is 17.1 Å². The average molecular weight is 513 g/mol. The number of hydrogen-bond donors (Lipinski definition) is 3. The summed E-state index contributed by atoms with van der Waals surface area (Å²) in [5.41, 5.74) is 14.3. The van der Waals surface area contributed by atoms with Crippen molar-refractivity contribution >= 4 is 45.7 Å². The van der Waals surface area contributed by atoms with Gasteiger partial charge in [0.25, 0.3) is 5.91 Å². The van der Waals surface area contributed by atoms with Crippen LogP contribution in [0.2, 0.25) is 0 Å². The fraction of sp³-hybridized carbons (Fsp3) is 0.233. The summed E-state index contributed by atoms with van der Waals surface area (Å²) in [6, 6.07) is 19.4. The largest absolute Gasteiger partial charge is 0.400 e. The first-order valence-corrected chi connectivity index (χ1v) is 13.2. The molecule has 0 aromatic heterocycles. The van der Waals surface area contributed by atoms with E-state index >= 15 is 0 Å². The number of nitrogens with zero attached hydrogens (tertiary/aromatic N) is 1. The molecule has 0 aliphatic carbocycles. The lowest BCUT2D eigenvalue weighted by Gasteiger charge is -2.13. The van der Waals surface area contributed by atoms with E-state index in [4.69, 9.17) is 10.7 Å². The summed E-state index contributed by atoms with van der Waals surface area (Å²) in [4.78, 5) is 31.6. The highest BCUT2D eigenvalue weighted by Gasteiger charge is 2.38. The Labute approximate surface area is 222 Å². The van der Waals surface area contributed by atoms with E-state index in [0.717, 1.165) is 34.4 Å². The molecule has 1 aliphatic heterocycles. The van der Waals surface area contributed by atoms with E-state index in [9.17, 15) is 9.59 Å². The second kappa shape index (κ2) is 11.0. The van der Waals surface area contributed by atoms with Crippen LogP contribution in [0.25, 0.3) is 0 Å². The van der Waals surface area contributed by atoms with Crippen molar-refractivity contribution in [2.24, 2.45) is 10.7 Å². The Morgan fingerprint density at radius 1 is 0.892 bits per heavy atom. The van der Waals surface area contributed by atoms with Gasteiger partial charge >= 0.3 is 0 Å². The van der Waals surface area contributed by atoms with Gasteiger partial charge in [-0.05, 0) is 86.2 Å². The third-order valence-electron chi connectivity index (χ3n) is 6.55. The van der Waals surface area contributed by atoms with E-state index in [1.807, 2.05) is 88.4 Å². The molecule has 7 heteroatoms. The van der Waals surface area contributed by atoms with E-state index in [1.54, 1.807) is 0 Å². The third kappa shape index (κ3) is 5.78. The third-order valence-corrected chi connectivity index (χ3v) is 7.77. The van der Waals surface area contributed by atoms with Crippen LogP contribution in [0.4, 0.5) is 17.1 Å². The topological polar surface area (TPSA) is 96.6 Å². The molecule has 1 heterocycles. The van der Waals surface area contributed by atoms with Gasteiger partial charge in [0.2, 0.25) is 5.91 Å². The molecule has 0 spiro atoms. The van der Waals surface area contributed by atoms with Gasteiger partial charge in [0.1, 0.15) is 10.3 Å². The summed E-state index contributed by atoms with van der Waals surface area (Å²) in [6.45, 7) is 10.0. The maximum absolute atomic E-state index is 13.6. The van der Waals surface area contributed by atoms with Crippen LogP contribution < -0.4 is 16.4 Å². The van der Waals surface area contributed by atoms with Crippen molar-refractivity contribution in [3.63, 3.8) is 0 Å². The zero-order valence-electron chi connectivity index (χ0n) is 21.8. The van der Waals surface area contributed by atoms with Crippen LogP contribution in [0.5, 0.6) is 0 Å². The summed E-state index contributed by atoms with van der Waals surface area (Å²) in [7, 11) is 0. The van der Waals surface area contributed by atoms with Crippen molar-refractivity contribution in [1.82, 2.24) is 0 Å². The molecule has 4 N–H and O–H groups in total. The van der Waals surface area contributed by atoms with Crippen molar-refractivity contribution in [3.8, 4) is 0 Å². The lowest BCUT2D eigenvalue weighted by molar-refractivity contribution is -0.115. The predicted octanol–water partition coefficient (Wildman–Crippen LogP) is 6.12. The molecular formula is C30H32N4O2S. The summed E-state index contributed by atoms with van der Waals surface area (Å²) in [5, 5.41) is 5.58. The number of para-hydroxylation sites is 1.